The van der Waals surface area contributed by atoms with Crippen LogP contribution >= 0.6 is 58.0 Å². The van der Waals surface area contributed by atoms with Crippen molar-refractivity contribution in [2.75, 3.05) is 36.9 Å². The van der Waals surface area contributed by atoms with Crippen molar-refractivity contribution in [1.29, 1.82) is 0 Å². The van der Waals surface area contributed by atoms with E-state index in [2.05, 4.69) is 68.5 Å². The summed E-state index contributed by atoms with van der Waals surface area (Å²) < 4.78 is 10.1. The fraction of sp³-hybridized carbons (Fsp3) is 0.520. The summed E-state index contributed by atoms with van der Waals surface area (Å²) in [6.45, 7) is 7.70. The fourth-order valence-electron chi connectivity index (χ4n) is 3.35. The molecule has 10 nitrogen and oxygen atoms in total. The molecule has 0 spiro atoms. The van der Waals surface area contributed by atoms with Crippen molar-refractivity contribution in [3.05, 3.63) is 46.5 Å². The van der Waals surface area contributed by atoms with Crippen LogP contribution in [0.3, 0.4) is 0 Å². The third kappa shape index (κ3) is 10.6. The van der Waals surface area contributed by atoms with Crippen LogP contribution < -0.4 is 9.04 Å². The summed E-state index contributed by atoms with van der Waals surface area (Å²) in [7, 11) is 3.31. The number of nitrogens with zero attached hydrogens (tertiary/aromatic N) is 6. The van der Waals surface area contributed by atoms with Crippen molar-refractivity contribution in [2.24, 2.45) is 0 Å². The molecule has 3 rings (SSSR count). The lowest BCUT2D eigenvalue weighted by molar-refractivity contribution is 0.156. The molecular formula is C25H36BrIN6O4S2. The Balaban J connectivity index is 0.00000124. The van der Waals surface area contributed by atoms with Gasteiger partial charge in [-0.3, -0.25) is 8.87 Å². The topological polar surface area (TPSA) is 130 Å². The number of ether oxygens (including phenoxy) is 1. The highest BCUT2D eigenvalue weighted by Crippen LogP contribution is 2.36. The van der Waals surface area contributed by atoms with E-state index in [9.17, 15) is 10.2 Å². The zero-order valence-electron chi connectivity index (χ0n) is 22.7. The number of aliphatic hydroxyl groups excluding tert-OH is 3. The molecule has 1 atom stereocenters. The molecule has 14 heteroatoms. The third-order valence-corrected chi connectivity index (χ3v) is 8.56. The maximum Gasteiger partial charge on any atom is 0.238 e. The second-order valence-corrected chi connectivity index (χ2v) is 13.7. The largest absolute Gasteiger partial charge is 0.497 e. The van der Waals surface area contributed by atoms with Gasteiger partial charge in [-0.05, 0) is 77.7 Å². The van der Waals surface area contributed by atoms with Crippen molar-refractivity contribution < 1.29 is 20.1 Å². The minimum Gasteiger partial charge on any atom is -0.497 e. The Labute approximate surface area is 259 Å². The van der Waals surface area contributed by atoms with Crippen molar-refractivity contribution in [2.45, 2.75) is 51.5 Å². The summed E-state index contributed by atoms with van der Waals surface area (Å²) in [6.07, 6.45) is 4.17. The molecule has 0 aliphatic heterocycles. The molecule has 0 amide bonds. The Morgan fingerprint density at radius 3 is 2.33 bits per heavy atom. The van der Waals surface area contributed by atoms with E-state index < -0.39 is 6.04 Å². The van der Waals surface area contributed by atoms with Crippen LogP contribution in [0.2, 0.25) is 0 Å². The SMILES string of the molecule is CC(C)O.COc1ccc(Br)c(-c2nnc(N(CCSI)SC(C)Cc3ncc(C)cn3)n2C(CO)CO)c1. The quantitative estimate of drug-likeness (QED) is 0.163. The number of anilines is 1. The molecule has 0 radical (unpaired) electrons. The molecule has 0 aliphatic rings. The lowest BCUT2D eigenvalue weighted by atomic mass is 10.2. The Morgan fingerprint density at radius 1 is 1.13 bits per heavy atom. The number of hydrogen-bond donors (Lipinski definition) is 3. The number of hydrogen-bond acceptors (Lipinski definition) is 11. The number of methoxy groups -OCH3 is 1. The number of aliphatic hydroxyl groups is 3. The average Bonchev–Trinajstić information content (AvgIpc) is 3.33. The van der Waals surface area contributed by atoms with Crippen LogP contribution in [0.5, 0.6) is 5.75 Å². The van der Waals surface area contributed by atoms with Crippen LogP contribution in [0.1, 0.15) is 38.2 Å². The minimum atomic E-state index is -0.612. The molecule has 3 N–H and O–H groups in total. The molecule has 39 heavy (non-hydrogen) atoms. The number of rotatable bonds is 13. The van der Waals surface area contributed by atoms with Gasteiger partial charge in [0.15, 0.2) is 5.82 Å². The first-order chi connectivity index (χ1) is 18.6. The van der Waals surface area contributed by atoms with Gasteiger partial charge in [0.05, 0.1) is 26.4 Å². The summed E-state index contributed by atoms with van der Waals surface area (Å²) in [5.74, 6) is 3.40. The fourth-order valence-corrected chi connectivity index (χ4v) is 5.81. The molecule has 2 heterocycles. The van der Waals surface area contributed by atoms with Crippen molar-refractivity contribution in [3.8, 4) is 17.1 Å². The molecule has 0 aliphatic carbocycles. The standard InChI is InChI=1S/C22H28BrIN6O3S2.C3H8O/c1-14-10-25-20(26-11-14)8-15(2)35-29(6-7-34-24)22-28-27-21(30(22)16(12-31)13-32)18-9-17(33-3)4-5-19(18)23;1-3(2)4/h4-5,9-11,15-16,31-32H,6-8,12-13H2,1-3H3;3-4H,1-2H3. The highest BCUT2D eigenvalue weighted by atomic mass is 127. The van der Waals surface area contributed by atoms with Gasteiger partial charge in [-0.1, -0.05) is 31.8 Å². The predicted octanol–water partition coefficient (Wildman–Crippen LogP) is 4.90. The second-order valence-electron chi connectivity index (χ2n) is 8.86. The Kier molecular flexibility index (Phi) is 15.4. The van der Waals surface area contributed by atoms with E-state index in [1.165, 1.54) is 0 Å². The van der Waals surface area contributed by atoms with Gasteiger partial charge in [-0.2, -0.15) is 0 Å². The highest BCUT2D eigenvalue weighted by molar-refractivity contribution is 14.2. The summed E-state index contributed by atoms with van der Waals surface area (Å²) in [5.41, 5.74) is 1.78. The lowest BCUT2D eigenvalue weighted by Crippen LogP contribution is -2.28. The van der Waals surface area contributed by atoms with Crippen LogP contribution in [0, 0.1) is 6.92 Å². The van der Waals surface area contributed by atoms with E-state index in [0.29, 0.717) is 30.5 Å². The van der Waals surface area contributed by atoms with Gasteiger partial charge in [-0.25, -0.2) is 9.97 Å². The lowest BCUT2D eigenvalue weighted by Gasteiger charge is -2.28. The highest BCUT2D eigenvalue weighted by Gasteiger charge is 2.27. The van der Waals surface area contributed by atoms with Crippen molar-refractivity contribution >= 4 is 64.0 Å². The number of halogens is 2. The maximum absolute atomic E-state index is 10.1. The van der Waals surface area contributed by atoms with E-state index in [-0.39, 0.29) is 24.6 Å². The van der Waals surface area contributed by atoms with Crippen molar-refractivity contribution in [3.63, 3.8) is 0 Å². The zero-order chi connectivity index (χ0) is 28.9. The van der Waals surface area contributed by atoms with Gasteiger partial charge in [-0.15, -0.1) is 10.2 Å². The van der Waals surface area contributed by atoms with Crippen LogP contribution in [0.4, 0.5) is 5.95 Å². The normalized spacial score (nSPS) is 11.9. The monoisotopic (exact) mass is 754 g/mol. The van der Waals surface area contributed by atoms with E-state index in [0.717, 1.165) is 27.2 Å². The first-order valence-corrected chi connectivity index (χ1v) is 17.4. The molecule has 2 aromatic heterocycles. The van der Waals surface area contributed by atoms with Gasteiger partial charge in [0.25, 0.3) is 0 Å². The van der Waals surface area contributed by atoms with Gasteiger partial charge in [0, 0.05) is 52.5 Å². The van der Waals surface area contributed by atoms with E-state index in [1.54, 1.807) is 46.4 Å². The summed E-state index contributed by atoms with van der Waals surface area (Å²) >= 11 is 7.50. The van der Waals surface area contributed by atoms with Gasteiger partial charge < -0.3 is 20.1 Å². The average molecular weight is 756 g/mol. The molecule has 0 fully saturated rings. The Morgan fingerprint density at radius 2 is 1.77 bits per heavy atom. The Bertz CT molecular complexity index is 1140. The number of aromatic nitrogens is 5. The summed E-state index contributed by atoms with van der Waals surface area (Å²) in [5, 5.41) is 37.4. The van der Waals surface area contributed by atoms with Crippen LogP contribution in [-0.2, 0) is 6.42 Å². The number of aryl methyl sites for hydroxylation is 1. The van der Waals surface area contributed by atoms with Gasteiger partial charge in [0.1, 0.15) is 11.6 Å². The minimum absolute atomic E-state index is 0.149. The van der Waals surface area contributed by atoms with Gasteiger partial charge in [0.2, 0.25) is 5.95 Å². The molecular weight excluding hydrogens is 719 g/mol. The number of benzene rings is 1. The van der Waals surface area contributed by atoms with Gasteiger partial charge >= 0.3 is 0 Å². The summed E-state index contributed by atoms with van der Waals surface area (Å²) in [4.78, 5) is 8.88. The van der Waals surface area contributed by atoms with Crippen LogP contribution in [0.25, 0.3) is 11.4 Å². The molecule has 1 unspecified atom stereocenters. The predicted molar refractivity (Wildman–Crippen MR) is 172 cm³/mol. The molecule has 1 aromatic carbocycles. The van der Waals surface area contributed by atoms with Crippen molar-refractivity contribution in [1.82, 2.24) is 24.7 Å². The molecule has 3 aromatic rings. The molecule has 0 bridgehead atoms. The molecule has 0 saturated heterocycles. The Hall–Kier alpha value is -1.17. The summed E-state index contributed by atoms with van der Waals surface area (Å²) in [6, 6.07) is 4.97. The van der Waals surface area contributed by atoms with Crippen LogP contribution in [0.15, 0.2) is 35.1 Å². The first kappa shape index (κ1) is 34.0. The van der Waals surface area contributed by atoms with Crippen LogP contribution in [-0.4, -0.2) is 84.0 Å². The first-order valence-electron chi connectivity index (χ1n) is 12.3. The van der Waals surface area contributed by atoms with E-state index >= 15 is 0 Å². The molecule has 216 valence electrons. The second kappa shape index (κ2) is 17.6. The zero-order valence-corrected chi connectivity index (χ0v) is 28.0. The van der Waals surface area contributed by atoms with E-state index in [4.69, 9.17) is 9.84 Å². The van der Waals surface area contributed by atoms with E-state index in [1.807, 2.05) is 37.5 Å². The third-order valence-electron chi connectivity index (χ3n) is 5.09. The smallest absolute Gasteiger partial charge is 0.238 e. The molecule has 0 saturated carbocycles. The maximum atomic E-state index is 10.1.